The monoisotopic (exact) mass is 353 g/mol. The van der Waals surface area contributed by atoms with Gasteiger partial charge in [-0.3, -0.25) is 9.52 Å². The maximum absolute atomic E-state index is 11.8. The zero-order valence-electron chi connectivity index (χ0n) is 11.2. The zero-order valence-corrected chi connectivity index (χ0v) is 13.6. The van der Waals surface area contributed by atoms with Gasteiger partial charge >= 0.3 is 0 Å². The van der Waals surface area contributed by atoms with E-state index in [0.29, 0.717) is 12.1 Å². The molecular formula is C10H15N3O5S3. The van der Waals surface area contributed by atoms with Crippen LogP contribution in [0.3, 0.4) is 0 Å². The molecule has 1 saturated heterocycles. The highest BCUT2D eigenvalue weighted by Gasteiger charge is 2.28. The highest BCUT2D eigenvalue weighted by Crippen LogP contribution is 2.17. The number of amides is 1. The summed E-state index contributed by atoms with van der Waals surface area (Å²) in [5.74, 6) is -0.262. The summed E-state index contributed by atoms with van der Waals surface area (Å²) in [6, 6.07) is -0.352. The number of carbonyl (C=O) groups is 1. The van der Waals surface area contributed by atoms with Crippen LogP contribution in [0.5, 0.6) is 0 Å². The molecule has 0 radical (unpaired) electrons. The number of nitrogens with zero attached hydrogens (tertiary/aromatic N) is 1. The van der Waals surface area contributed by atoms with E-state index in [0.717, 1.165) is 17.6 Å². The quantitative estimate of drug-likeness (QED) is 0.726. The van der Waals surface area contributed by atoms with Crippen molar-refractivity contribution in [3.8, 4) is 0 Å². The van der Waals surface area contributed by atoms with Gasteiger partial charge in [0.1, 0.15) is 0 Å². The van der Waals surface area contributed by atoms with Crippen molar-refractivity contribution >= 4 is 42.2 Å². The number of anilines is 1. The molecule has 0 spiro atoms. The highest BCUT2D eigenvalue weighted by molar-refractivity contribution is 7.92. The molecule has 0 bridgehead atoms. The number of nitrogens with one attached hydrogen (secondary N) is 2. The van der Waals surface area contributed by atoms with Crippen LogP contribution in [0.1, 0.15) is 12.1 Å². The first-order valence-corrected chi connectivity index (χ1v) is 10.6. The molecule has 1 atom stereocenters. The van der Waals surface area contributed by atoms with E-state index in [-0.39, 0.29) is 35.0 Å². The number of aromatic nitrogens is 1. The molecule has 1 amide bonds. The van der Waals surface area contributed by atoms with Gasteiger partial charge < -0.3 is 5.32 Å². The number of carbonyl (C=O) groups excluding carboxylic acids is 1. The lowest BCUT2D eigenvalue weighted by Gasteiger charge is -2.09. The molecule has 2 heterocycles. The van der Waals surface area contributed by atoms with E-state index in [9.17, 15) is 21.6 Å². The molecular weight excluding hydrogens is 338 g/mol. The Morgan fingerprint density at radius 2 is 2.24 bits per heavy atom. The van der Waals surface area contributed by atoms with Crippen molar-refractivity contribution in [3.05, 3.63) is 11.1 Å². The van der Waals surface area contributed by atoms with Gasteiger partial charge in [-0.1, -0.05) is 0 Å². The lowest BCUT2D eigenvalue weighted by Crippen LogP contribution is -2.36. The van der Waals surface area contributed by atoms with Gasteiger partial charge in [0, 0.05) is 11.4 Å². The van der Waals surface area contributed by atoms with Crippen molar-refractivity contribution in [1.29, 1.82) is 0 Å². The third-order valence-corrected chi connectivity index (χ3v) is 6.03. The number of thiazole rings is 1. The molecule has 2 rings (SSSR count). The van der Waals surface area contributed by atoms with Gasteiger partial charge in [-0.2, -0.15) is 0 Å². The summed E-state index contributed by atoms with van der Waals surface area (Å²) in [7, 11) is -6.43. The van der Waals surface area contributed by atoms with Crippen LogP contribution in [0.4, 0.5) is 5.13 Å². The molecule has 21 heavy (non-hydrogen) atoms. The van der Waals surface area contributed by atoms with Gasteiger partial charge in [-0.25, -0.2) is 21.8 Å². The first-order valence-electron chi connectivity index (χ1n) is 6.05. The molecule has 2 N–H and O–H groups in total. The first-order chi connectivity index (χ1) is 9.63. The minimum Gasteiger partial charge on any atom is -0.352 e. The molecule has 11 heteroatoms. The normalized spacial score (nSPS) is 21.1. The molecule has 1 fully saturated rings. The van der Waals surface area contributed by atoms with E-state index < -0.39 is 19.9 Å². The van der Waals surface area contributed by atoms with Crippen LogP contribution < -0.4 is 10.0 Å². The van der Waals surface area contributed by atoms with Crippen molar-refractivity contribution < 1.29 is 21.6 Å². The zero-order chi connectivity index (χ0) is 15.7. The highest BCUT2D eigenvalue weighted by atomic mass is 32.2. The number of rotatable bonds is 5. The predicted octanol–water partition coefficient (Wildman–Crippen LogP) is -0.640. The Morgan fingerprint density at radius 1 is 1.52 bits per heavy atom. The average Bonchev–Trinajstić information content (AvgIpc) is 2.83. The molecule has 118 valence electrons. The summed E-state index contributed by atoms with van der Waals surface area (Å²) in [6.45, 7) is 0. The fourth-order valence-corrected chi connectivity index (χ4v) is 5.18. The molecule has 1 aromatic rings. The van der Waals surface area contributed by atoms with Crippen LogP contribution >= 0.6 is 11.3 Å². The average molecular weight is 353 g/mol. The van der Waals surface area contributed by atoms with Gasteiger partial charge in [0.05, 0.1) is 29.9 Å². The van der Waals surface area contributed by atoms with Crippen LogP contribution in [0.2, 0.25) is 0 Å². The minimum absolute atomic E-state index is 0.0154. The van der Waals surface area contributed by atoms with E-state index >= 15 is 0 Å². The van der Waals surface area contributed by atoms with Crippen molar-refractivity contribution in [2.24, 2.45) is 0 Å². The maximum Gasteiger partial charge on any atom is 0.231 e. The van der Waals surface area contributed by atoms with Crippen molar-refractivity contribution in [1.82, 2.24) is 10.3 Å². The molecule has 0 aromatic carbocycles. The van der Waals surface area contributed by atoms with E-state index in [1.165, 1.54) is 0 Å². The molecule has 1 aromatic heterocycles. The van der Waals surface area contributed by atoms with E-state index in [2.05, 4.69) is 15.0 Å². The van der Waals surface area contributed by atoms with Crippen LogP contribution in [0, 0.1) is 0 Å². The second kappa shape index (κ2) is 5.89. The Hall–Kier alpha value is -1.20. The maximum atomic E-state index is 11.8. The summed E-state index contributed by atoms with van der Waals surface area (Å²) in [6.07, 6.45) is 1.42. The Labute approximate surface area is 126 Å². The molecule has 0 unspecified atom stereocenters. The van der Waals surface area contributed by atoms with Crippen LogP contribution in [-0.2, 0) is 31.1 Å². The minimum atomic E-state index is -3.39. The summed E-state index contributed by atoms with van der Waals surface area (Å²) in [5, 5.41) is 4.43. The van der Waals surface area contributed by atoms with Gasteiger partial charge in [-0.05, 0) is 6.42 Å². The van der Waals surface area contributed by atoms with Gasteiger partial charge in [0.25, 0.3) is 0 Å². The Balaban J connectivity index is 1.89. The van der Waals surface area contributed by atoms with Gasteiger partial charge in [-0.15, -0.1) is 11.3 Å². The first kappa shape index (κ1) is 16.2. The third-order valence-electron chi connectivity index (χ3n) is 2.76. The van der Waals surface area contributed by atoms with Crippen LogP contribution in [-0.4, -0.2) is 51.5 Å². The Kier molecular flexibility index (Phi) is 4.54. The van der Waals surface area contributed by atoms with Crippen LogP contribution in [0.25, 0.3) is 0 Å². The van der Waals surface area contributed by atoms with E-state index in [1.54, 1.807) is 5.38 Å². The lowest BCUT2D eigenvalue weighted by atomic mass is 10.2. The lowest BCUT2D eigenvalue weighted by molar-refractivity contribution is -0.121. The Morgan fingerprint density at radius 3 is 2.81 bits per heavy atom. The second-order valence-corrected chi connectivity index (χ2v) is 9.70. The summed E-state index contributed by atoms with van der Waals surface area (Å²) >= 11 is 1.08. The largest absolute Gasteiger partial charge is 0.352 e. The SMILES string of the molecule is CS(=O)(=O)Nc1nc(CC(=O)N[C@@H]2CCS(=O)(=O)C2)cs1. The number of hydrogen-bond acceptors (Lipinski definition) is 7. The number of sulfonamides is 1. The van der Waals surface area contributed by atoms with Crippen LogP contribution in [0.15, 0.2) is 5.38 Å². The van der Waals surface area contributed by atoms with Crippen molar-refractivity contribution in [3.63, 3.8) is 0 Å². The number of sulfone groups is 1. The van der Waals surface area contributed by atoms with Crippen molar-refractivity contribution in [2.75, 3.05) is 22.5 Å². The third kappa shape index (κ3) is 5.25. The predicted molar refractivity (Wildman–Crippen MR) is 79.5 cm³/mol. The smallest absolute Gasteiger partial charge is 0.231 e. The molecule has 1 aliphatic rings. The van der Waals surface area contributed by atoms with E-state index in [4.69, 9.17) is 0 Å². The summed E-state index contributed by atoms with van der Waals surface area (Å²) in [4.78, 5) is 15.8. The van der Waals surface area contributed by atoms with Gasteiger partial charge in [0.15, 0.2) is 15.0 Å². The molecule has 0 saturated carbocycles. The van der Waals surface area contributed by atoms with Crippen molar-refractivity contribution in [2.45, 2.75) is 18.9 Å². The molecule has 0 aliphatic carbocycles. The topological polar surface area (TPSA) is 122 Å². The second-order valence-electron chi connectivity index (χ2n) is 4.86. The fraction of sp³-hybridized carbons (Fsp3) is 0.600. The molecule has 8 nitrogen and oxygen atoms in total. The number of hydrogen-bond donors (Lipinski definition) is 2. The van der Waals surface area contributed by atoms with E-state index in [1.807, 2.05) is 0 Å². The summed E-state index contributed by atoms with van der Waals surface area (Å²) in [5.41, 5.74) is 0.435. The Bertz CT molecular complexity index is 738. The fourth-order valence-electron chi connectivity index (χ4n) is 1.95. The molecule has 1 aliphatic heterocycles. The summed E-state index contributed by atoms with van der Waals surface area (Å²) < 4.78 is 46.9. The standard InChI is InChI=1S/C10H15N3O5S3/c1-20(15,16)13-10-12-8(5-19-10)4-9(14)11-7-2-3-21(17,18)6-7/h5,7H,2-4,6H2,1H3,(H,11,14)(H,12,13)/t7-/m1/s1. The van der Waals surface area contributed by atoms with Gasteiger partial charge in [0.2, 0.25) is 15.9 Å².